The number of hydrogen-bond acceptors (Lipinski definition) is 4. The Morgan fingerprint density at radius 3 is 2.39 bits per heavy atom. The number of nitrogens with one attached hydrogen (secondary N) is 1. The smallest absolute Gasteiger partial charge is 0.386 e. The average Bonchev–Trinajstić information content (AvgIpc) is 2.67. The van der Waals surface area contributed by atoms with E-state index in [1.54, 1.807) is 13.0 Å². The van der Waals surface area contributed by atoms with Crippen LogP contribution >= 0.6 is 11.6 Å². The number of anilines is 1. The van der Waals surface area contributed by atoms with Crippen LogP contribution in [-0.2, 0) is 6.18 Å². The van der Waals surface area contributed by atoms with Gasteiger partial charge in [-0.15, -0.1) is 0 Å². The lowest BCUT2D eigenvalue weighted by atomic mass is 10.0. The van der Waals surface area contributed by atoms with Gasteiger partial charge in [-0.2, -0.15) is 13.2 Å². The van der Waals surface area contributed by atoms with Crippen molar-refractivity contribution in [1.82, 2.24) is 9.97 Å². The molecule has 0 aliphatic heterocycles. The van der Waals surface area contributed by atoms with Crippen molar-refractivity contribution >= 4 is 17.4 Å². The van der Waals surface area contributed by atoms with E-state index in [2.05, 4.69) is 15.3 Å². The van der Waals surface area contributed by atoms with Crippen LogP contribution in [0.2, 0.25) is 5.02 Å². The summed E-state index contributed by atoms with van der Waals surface area (Å²) in [6, 6.07) is 13.9. The average molecular weight is 408 g/mol. The van der Waals surface area contributed by atoms with Gasteiger partial charge in [0.15, 0.2) is 0 Å². The molecule has 1 heterocycles. The summed E-state index contributed by atoms with van der Waals surface area (Å²) in [7, 11) is 0. The SMILES string of the molecule is C[C@H](Nc1cc(-c2ccc(C(F)(F)F)c(Cl)c2)ncn1)[C@H](O)c1ccccc1. The maximum Gasteiger partial charge on any atom is 0.417 e. The largest absolute Gasteiger partial charge is 0.417 e. The number of halogens is 4. The predicted molar refractivity (Wildman–Crippen MR) is 102 cm³/mol. The van der Waals surface area contributed by atoms with Crippen molar-refractivity contribution in [3.8, 4) is 11.3 Å². The second-order valence-electron chi connectivity index (χ2n) is 6.27. The van der Waals surface area contributed by atoms with E-state index in [0.29, 0.717) is 17.1 Å². The van der Waals surface area contributed by atoms with E-state index in [-0.39, 0.29) is 6.04 Å². The second kappa shape index (κ2) is 8.16. The summed E-state index contributed by atoms with van der Waals surface area (Å²) in [5.41, 5.74) is 0.700. The normalized spacial score (nSPS) is 13.8. The minimum absolute atomic E-state index is 0.360. The first-order valence-electron chi connectivity index (χ1n) is 8.44. The zero-order chi connectivity index (χ0) is 20.3. The number of nitrogens with zero attached hydrogens (tertiary/aromatic N) is 2. The highest BCUT2D eigenvalue weighted by Crippen LogP contribution is 2.36. The number of alkyl halides is 3. The monoisotopic (exact) mass is 407 g/mol. The summed E-state index contributed by atoms with van der Waals surface area (Å²) < 4.78 is 38.6. The topological polar surface area (TPSA) is 58.0 Å². The van der Waals surface area contributed by atoms with Crippen LogP contribution in [0.3, 0.4) is 0 Å². The Balaban J connectivity index is 1.80. The molecule has 0 amide bonds. The third kappa shape index (κ3) is 4.61. The van der Waals surface area contributed by atoms with Gasteiger partial charge in [-0.3, -0.25) is 0 Å². The van der Waals surface area contributed by atoms with Gasteiger partial charge in [-0.25, -0.2) is 9.97 Å². The molecule has 2 aromatic carbocycles. The third-order valence-electron chi connectivity index (χ3n) is 4.23. The molecule has 0 aliphatic rings. The molecule has 3 rings (SSSR count). The highest BCUT2D eigenvalue weighted by Gasteiger charge is 2.33. The molecule has 146 valence electrons. The number of benzene rings is 2. The van der Waals surface area contributed by atoms with Gasteiger partial charge in [-0.1, -0.05) is 48.0 Å². The van der Waals surface area contributed by atoms with Gasteiger partial charge in [-0.05, 0) is 24.6 Å². The maximum atomic E-state index is 12.9. The van der Waals surface area contributed by atoms with E-state index in [0.717, 1.165) is 11.6 Å². The summed E-state index contributed by atoms with van der Waals surface area (Å²) in [4.78, 5) is 8.21. The zero-order valence-electron chi connectivity index (χ0n) is 14.8. The van der Waals surface area contributed by atoms with Crippen molar-refractivity contribution in [3.63, 3.8) is 0 Å². The second-order valence-corrected chi connectivity index (χ2v) is 6.68. The van der Waals surface area contributed by atoms with Crippen molar-refractivity contribution in [2.45, 2.75) is 25.2 Å². The Morgan fingerprint density at radius 1 is 1.04 bits per heavy atom. The molecule has 0 unspecified atom stereocenters. The van der Waals surface area contributed by atoms with Gasteiger partial charge in [0, 0.05) is 11.6 Å². The summed E-state index contributed by atoms with van der Waals surface area (Å²) in [6.45, 7) is 1.80. The number of aliphatic hydroxyl groups excluding tert-OH is 1. The van der Waals surface area contributed by atoms with Crippen molar-refractivity contribution in [1.29, 1.82) is 0 Å². The minimum Gasteiger partial charge on any atom is -0.386 e. The van der Waals surface area contributed by atoms with Crippen molar-refractivity contribution in [2.24, 2.45) is 0 Å². The van der Waals surface area contributed by atoms with E-state index in [4.69, 9.17) is 11.6 Å². The fraction of sp³-hybridized carbons (Fsp3) is 0.200. The molecule has 1 aromatic heterocycles. The van der Waals surface area contributed by atoms with Crippen LogP contribution in [0.4, 0.5) is 19.0 Å². The Bertz CT molecular complexity index is 951. The Morgan fingerprint density at radius 2 is 1.75 bits per heavy atom. The predicted octanol–water partition coefficient (Wildman–Crippen LogP) is 5.35. The number of aromatic nitrogens is 2. The van der Waals surface area contributed by atoms with Gasteiger partial charge < -0.3 is 10.4 Å². The molecule has 28 heavy (non-hydrogen) atoms. The Labute approximate surface area is 165 Å². The summed E-state index contributed by atoms with van der Waals surface area (Å²) in [6.07, 6.45) is -3.98. The third-order valence-corrected chi connectivity index (χ3v) is 4.54. The lowest BCUT2D eigenvalue weighted by Crippen LogP contribution is -2.24. The van der Waals surface area contributed by atoms with Crippen LogP contribution in [0.5, 0.6) is 0 Å². The first-order chi connectivity index (χ1) is 13.3. The maximum absolute atomic E-state index is 12.9. The molecule has 3 aromatic rings. The minimum atomic E-state index is -4.52. The summed E-state index contributed by atoms with van der Waals surface area (Å²) in [5, 5.41) is 13.1. The quantitative estimate of drug-likeness (QED) is 0.598. The van der Waals surface area contributed by atoms with E-state index in [1.807, 2.05) is 30.3 Å². The first kappa shape index (κ1) is 20.1. The molecule has 0 saturated heterocycles. The molecule has 0 bridgehead atoms. The van der Waals surface area contributed by atoms with Crippen LogP contribution in [-0.4, -0.2) is 21.1 Å². The molecule has 8 heteroatoms. The molecule has 2 N–H and O–H groups in total. The Hall–Kier alpha value is -2.64. The van der Waals surface area contributed by atoms with Gasteiger partial charge >= 0.3 is 6.18 Å². The van der Waals surface area contributed by atoms with E-state index < -0.39 is 22.9 Å². The number of rotatable bonds is 5. The van der Waals surface area contributed by atoms with Crippen molar-refractivity contribution in [2.75, 3.05) is 5.32 Å². The van der Waals surface area contributed by atoms with Crippen LogP contribution in [0.1, 0.15) is 24.2 Å². The van der Waals surface area contributed by atoms with Crippen LogP contribution in [0.25, 0.3) is 11.3 Å². The van der Waals surface area contributed by atoms with Crippen molar-refractivity contribution in [3.05, 3.63) is 77.1 Å². The van der Waals surface area contributed by atoms with Crippen LogP contribution in [0, 0.1) is 0 Å². The molecule has 2 atom stereocenters. The van der Waals surface area contributed by atoms with E-state index in [9.17, 15) is 18.3 Å². The molecule has 0 radical (unpaired) electrons. The van der Waals surface area contributed by atoms with Crippen LogP contribution < -0.4 is 5.32 Å². The number of aliphatic hydroxyl groups is 1. The molecular formula is C20H17ClF3N3O. The van der Waals surface area contributed by atoms with Gasteiger partial charge in [0.2, 0.25) is 0 Å². The van der Waals surface area contributed by atoms with Crippen LogP contribution in [0.15, 0.2) is 60.9 Å². The summed E-state index contributed by atoms with van der Waals surface area (Å²) >= 11 is 5.79. The highest BCUT2D eigenvalue weighted by molar-refractivity contribution is 6.31. The summed E-state index contributed by atoms with van der Waals surface area (Å²) in [5.74, 6) is 0.434. The molecule has 0 aliphatic carbocycles. The molecule has 4 nitrogen and oxygen atoms in total. The molecular weight excluding hydrogens is 391 g/mol. The van der Waals surface area contributed by atoms with E-state index in [1.165, 1.54) is 18.5 Å². The fourth-order valence-electron chi connectivity index (χ4n) is 2.75. The highest BCUT2D eigenvalue weighted by atomic mass is 35.5. The first-order valence-corrected chi connectivity index (χ1v) is 8.82. The zero-order valence-corrected chi connectivity index (χ0v) is 15.5. The molecule has 0 saturated carbocycles. The van der Waals surface area contributed by atoms with Gasteiger partial charge in [0.1, 0.15) is 12.1 Å². The number of hydrogen-bond donors (Lipinski definition) is 2. The van der Waals surface area contributed by atoms with Crippen molar-refractivity contribution < 1.29 is 18.3 Å². The lowest BCUT2D eigenvalue weighted by Gasteiger charge is -2.21. The molecule has 0 spiro atoms. The lowest BCUT2D eigenvalue weighted by molar-refractivity contribution is -0.137. The molecule has 0 fully saturated rings. The fourth-order valence-corrected chi connectivity index (χ4v) is 3.04. The standard InChI is InChI=1S/C20H17ClF3N3O/c1-12(19(28)13-5-3-2-4-6-13)27-18-10-17(25-11-26-18)14-7-8-15(16(21)9-14)20(22,23)24/h2-12,19,28H,1H3,(H,25,26,27)/t12-,19-/m0/s1. The van der Waals surface area contributed by atoms with E-state index >= 15 is 0 Å². The van der Waals surface area contributed by atoms with Gasteiger partial charge in [0.05, 0.1) is 28.4 Å². The Kier molecular flexibility index (Phi) is 5.86. The van der Waals surface area contributed by atoms with Gasteiger partial charge in [0.25, 0.3) is 0 Å².